The number of hydrogen-bond donors (Lipinski definition) is 1. The second-order valence-corrected chi connectivity index (χ2v) is 10.4. The Morgan fingerprint density at radius 1 is 1.14 bits per heavy atom. The molecule has 1 aromatic carbocycles. The highest BCUT2D eigenvalue weighted by molar-refractivity contribution is 7.89. The van der Waals surface area contributed by atoms with Gasteiger partial charge in [-0.1, -0.05) is 13.3 Å². The van der Waals surface area contributed by atoms with Crippen molar-refractivity contribution in [3.05, 3.63) is 35.2 Å². The van der Waals surface area contributed by atoms with E-state index in [1.165, 1.54) is 16.4 Å². The number of piperazine rings is 1. The van der Waals surface area contributed by atoms with Gasteiger partial charge in [-0.25, -0.2) is 13.4 Å². The van der Waals surface area contributed by atoms with Gasteiger partial charge < -0.3 is 9.84 Å². The lowest BCUT2D eigenvalue weighted by molar-refractivity contribution is 0.0967. The number of ether oxygens (including phenoxy) is 1. The van der Waals surface area contributed by atoms with Gasteiger partial charge in [-0.2, -0.15) is 14.7 Å². The summed E-state index contributed by atoms with van der Waals surface area (Å²) in [4.78, 5) is 19.6. The van der Waals surface area contributed by atoms with Gasteiger partial charge in [0.25, 0.3) is 0 Å². The molecule has 4 rings (SSSR count). The van der Waals surface area contributed by atoms with Crippen LogP contribution in [-0.4, -0.2) is 90.2 Å². The minimum atomic E-state index is -3.79. The predicted molar refractivity (Wildman–Crippen MR) is 130 cm³/mol. The normalized spacial score (nSPS) is 17.1. The first kappa shape index (κ1) is 25.3. The lowest BCUT2D eigenvalue weighted by Gasteiger charge is -2.33. The number of carbonyl (C=O) groups is 1. The number of amidine groups is 1. The average Bonchev–Trinajstić information content (AvgIpc) is 3.16. The van der Waals surface area contributed by atoms with E-state index in [1.807, 2.05) is 18.7 Å². The van der Waals surface area contributed by atoms with Crippen LogP contribution in [0.25, 0.3) is 0 Å². The number of aliphatic imine (C=N–C) groups is 1. The van der Waals surface area contributed by atoms with Crippen LogP contribution in [0.2, 0.25) is 0 Å². The van der Waals surface area contributed by atoms with Crippen LogP contribution >= 0.6 is 0 Å². The summed E-state index contributed by atoms with van der Waals surface area (Å²) >= 11 is 0. The van der Waals surface area contributed by atoms with E-state index in [-0.39, 0.29) is 23.0 Å². The van der Waals surface area contributed by atoms with Gasteiger partial charge >= 0.3 is 5.91 Å². The third-order valence-electron chi connectivity index (χ3n) is 6.13. The molecule has 0 spiro atoms. The Morgan fingerprint density at radius 2 is 1.89 bits per heavy atom. The number of aromatic nitrogens is 2. The summed E-state index contributed by atoms with van der Waals surface area (Å²) in [6.45, 7) is 6.52. The third kappa shape index (κ3) is 4.96. The molecule has 1 saturated heterocycles. The number of benzene rings is 1. The molecule has 35 heavy (non-hydrogen) atoms. The van der Waals surface area contributed by atoms with E-state index in [0.717, 1.165) is 12.1 Å². The summed E-state index contributed by atoms with van der Waals surface area (Å²) in [5, 5.41) is 17.6. The molecule has 1 amide bonds. The van der Waals surface area contributed by atoms with Gasteiger partial charge in [-0.3, -0.25) is 14.4 Å². The SMILES string of the molecule is CCCc1c2c(nn1C)C(=O)[N]C(c1cc(S(=O)(=O)N3CCN(CCO)CC3)ccc1OCC)=N2. The van der Waals surface area contributed by atoms with Crippen molar-refractivity contribution in [3.63, 3.8) is 0 Å². The quantitative estimate of drug-likeness (QED) is 0.538. The van der Waals surface area contributed by atoms with Crippen molar-refractivity contribution >= 4 is 27.5 Å². The number of amides is 1. The van der Waals surface area contributed by atoms with Crippen molar-refractivity contribution in [1.82, 2.24) is 24.3 Å². The van der Waals surface area contributed by atoms with Crippen molar-refractivity contribution in [2.24, 2.45) is 12.0 Å². The highest BCUT2D eigenvalue weighted by Gasteiger charge is 2.33. The largest absolute Gasteiger partial charge is 0.493 e. The van der Waals surface area contributed by atoms with Crippen LogP contribution in [0.1, 0.15) is 42.0 Å². The van der Waals surface area contributed by atoms with Crippen molar-refractivity contribution in [2.45, 2.75) is 31.6 Å². The van der Waals surface area contributed by atoms with E-state index < -0.39 is 15.9 Å². The molecule has 1 radical (unpaired) electrons. The fourth-order valence-electron chi connectivity index (χ4n) is 4.34. The topological polar surface area (TPSA) is 131 Å². The minimum Gasteiger partial charge on any atom is -0.493 e. The first-order chi connectivity index (χ1) is 16.8. The molecule has 189 valence electrons. The molecule has 1 fully saturated rings. The Labute approximate surface area is 205 Å². The number of fused-ring (bicyclic) bond motifs is 1. The summed E-state index contributed by atoms with van der Waals surface area (Å²) in [6, 6.07) is 4.58. The van der Waals surface area contributed by atoms with Gasteiger partial charge in [0.05, 0.1) is 29.4 Å². The molecule has 0 atom stereocenters. The number of nitrogens with zero attached hydrogens (tertiary/aromatic N) is 6. The summed E-state index contributed by atoms with van der Waals surface area (Å²) in [5.74, 6) is -0.00122. The number of sulfonamides is 1. The number of rotatable bonds is 9. The average molecular weight is 504 g/mol. The molecule has 0 bridgehead atoms. The van der Waals surface area contributed by atoms with E-state index in [1.54, 1.807) is 17.8 Å². The van der Waals surface area contributed by atoms with Gasteiger partial charge in [-0.05, 0) is 31.5 Å². The van der Waals surface area contributed by atoms with Crippen molar-refractivity contribution in [3.8, 4) is 5.75 Å². The second kappa shape index (κ2) is 10.4. The third-order valence-corrected chi connectivity index (χ3v) is 8.02. The molecular weight excluding hydrogens is 472 g/mol. The Morgan fingerprint density at radius 3 is 2.54 bits per heavy atom. The maximum Gasteiger partial charge on any atom is 0.301 e. The number of aliphatic hydroxyl groups is 1. The number of hydrogen-bond acceptors (Lipinski definition) is 8. The molecule has 11 nitrogen and oxygen atoms in total. The van der Waals surface area contributed by atoms with Crippen LogP contribution in [0.3, 0.4) is 0 Å². The van der Waals surface area contributed by atoms with Crippen LogP contribution in [0.4, 0.5) is 5.69 Å². The number of aryl methyl sites for hydroxylation is 1. The van der Waals surface area contributed by atoms with Crippen LogP contribution in [-0.2, 0) is 23.5 Å². The molecule has 0 aliphatic carbocycles. The molecule has 2 aliphatic rings. The molecule has 0 unspecified atom stereocenters. The maximum absolute atomic E-state index is 13.4. The number of aliphatic hydroxyl groups excluding tert-OH is 1. The highest BCUT2D eigenvalue weighted by Crippen LogP contribution is 2.32. The zero-order valence-corrected chi connectivity index (χ0v) is 21.1. The summed E-state index contributed by atoms with van der Waals surface area (Å²) in [7, 11) is -2.02. The van der Waals surface area contributed by atoms with Crippen LogP contribution in [0.15, 0.2) is 28.1 Å². The zero-order chi connectivity index (χ0) is 25.2. The minimum absolute atomic E-state index is 0.0396. The standard InChI is InChI=1S/C23H31N6O5S/c1-4-6-18-20-21(26-27(18)3)23(31)25-22(24-20)17-15-16(7-8-19(17)34-5-2)35(32,33)29-11-9-28(10-12-29)13-14-30/h7-8,15,30H,4-6,9-14H2,1-3H3. The second-order valence-electron chi connectivity index (χ2n) is 8.43. The van der Waals surface area contributed by atoms with E-state index in [9.17, 15) is 13.2 Å². The van der Waals surface area contributed by atoms with Gasteiger partial charge in [0, 0.05) is 39.8 Å². The van der Waals surface area contributed by atoms with Crippen molar-refractivity contribution in [1.29, 1.82) is 0 Å². The van der Waals surface area contributed by atoms with Crippen molar-refractivity contribution in [2.75, 3.05) is 45.9 Å². The Hall–Kier alpha value is -2.80. The van der Waals surface area contributed by atoms with E-state index in [4.69, 9.17) is 9.84 Å². The summed E-state index contributed by atoms with van der Waals surface area (Å²) in [6.07, 6.45) is 1.55. The molecule has 2 aromatic rings. The highest BCUT2D eigenvalue weighted by atomic mass is 32.2. The summed E-state index contributed by atoms with van der Waals surface area (Å²) < 4.78 is 35.7. The van der Waals surface area contributed by atoms with Gasteiger partial charge in [0.1, 0.15) is 11.4 Å². The molecule has 1 aromatic heterocycles. The van der Waals surface area contributed by atoms with Gasteiger partial charge in [-0.15, -0.1) is 0 Å². The first-order valence-electron chi connectivity index (χ1n) is 11.8. The first-order valence-corrected chi connectivity index (χ1v) is 13.2. The number of carbonyl (C=O) groups excluding carboxylic acids is 1. The Kier molecular flexibility index (Phi) is 7.55. The predicted octanol–water partition coefficient (Wildman–Crippen LogP) is 0.906. The fourth-order valence-corrected chi connectivity index (χ4v) is 5.79. The van der Waals surface area contributed by atoms with E-state index in [0.29, 0.717) is 62.8 Å². The fraction of sp³-hybridized carbons (Fsp3) is 0.522. The molecule has 0 saturated carbocycles. The molecule has 2 aliphatic heterocycles. The van der Waals surface area contributed by atoms with E-state index >= 15 is 0 Å². The lowest BCUT2D eigenvalue weighted by Crippen LogP contribution is -2.49. The zero-order valence-electron chi connectivity index (χ0n) is 20.3. The Bertz CT molecular complexity index is 1230. The number of β-amino-alcohol motifs (C(OH)–C–C–N with tert-alkyl or cyclic N) is 1. The van der Waals surface area contributed by atoms with Crippen LogP contribution in [0, 0.1) is 0 Å². The smallest absolute Gasteiger partial charge is 0.301 e. The van der Waals surface area contributed by atoms with Gasteiger partial charge in [0.2, 0.25) is 10.0 Å². The van der Waals surface area contributed by atoms with E-state index in [2.05, 4.69) is 15.4 Å². The summed E-state index contributed by atoms with van der Waals surface area (Å²) in [5.41, 5.74) is 1.84. The van der Waals surface area contributed by atoms with Crippen LogP contribution < -0.4 is 10.1 Å². The molecular formula is C23H31N6O5S. The van der Waals surface area contributed by atoms with Gasteiger partial charge in [0.15, 0.2) is 11.5 Å². The molecule has 1 N–H and O–H groups in total. The van der Waals surface area contributed by atoms with Crippen LogP contribution in [0.5, 0.6) is 5.75 Å². The maximum atomic E-state index is 13.4. The van der Waals surface area contributed by atoms with Crippen molar-refractivity contribution < 1.29 is 23.1 Å². The molecule has 12 heteroatoms. The monoisotopic (exact) mass is 503 g/mol. The lowest BCUT2D eigenvalue weighted by atomic mass is 10.1. The molecule has 3 heterocycles. The Balaban J connectivity index is 1.73.